The van der Waals surface area contributed by atoms with Gasteiger partial charge in [0.25, 0.3) is 0 Å². The average molecular weight is 245 g/mol. The first-order valence-electron chi connectivity index (χ1n) is 3.58. The van der Waals surface area contributed by atoms with Crippen molar-refractivity contribution in [2.45, 2.75) is 11.3 Å². The summed E-state index contributed by atoms with van der Waals surface area (Å²) in [7, 11) is 0. The van der Waals surface area contributed by atoms with Crippen molar-refractivity contribution in [2.24, 2.45) is 0 Å². The van der Waals surface area contributed by atoms with Crippen molar-refractivity contribution in [1.82, 2.24) is 0 Å². The number of thiol groups is 1. The van der Waals surface area contributed by atoms with Crippen LogP contribution in [0.3, 0.4) is 0 Å². The lowest BCUT2D eigenvalue weighted by atomic mass is 10.1. The SMILES string of the molecule is O=C(CBr)Cc1ccccc1S. The normalized spacial score (nSPS) is 9.83. The zero-order valence-corrected chi connectivity index (χ0v) is 8.94. The summed E-state index contributed by atoms with van der Waals surface area (Å²) in [4.78, 5) is 11.9. The third-order valence-electron chi connectivity index (χ3n) is 1.53. The molecular weight excluding hydrogens is 236 g/mol. The Hall–Kier alpha value is -0.280. The maximum atomic E-state index is 11.1. The first-order valence-corrected chi connectivity index (χ1v) is 5.15. The minimum absolute atomic E-state index is 0.177. The number of rotatable bonds is 3. The van der Waals surface area contributed by atoms with E-state index in [1.165, 1.54) is 0 Å². The maximum absolute atomic E-state index is 11.1. The molecule has 0 aliphatic rings. The van der Waals surface area contributed by atoms with Crippen molar-refractivity contribution in [1.29, 1.82) is 0 Å². The van der Waals surface area contributed by atoms with E-state index < -0.39 is 0 Å². The molecule has 0 fully saturated rings. The smallest absolute Gasteiger partial charge is 0.147 e. The molecule has 12 heavy (non-hydrogen) atoms. The molecular formula is C9H9BrOS. The van der Waals surface area contributed by atoms with E-state index in [4.69, 9.17) is 0 Å². The van der Waals surface area contributed by atoms with Crippen LogP contribution in [0, 0.1) is 0 Å². The van der Waals surface area contributed by atoms with Crippen molar-refractivity contribution < 1.29 is 4.79 Å². The van der Waals surface area contributed by atoms with Gasteiger partial charge in [0.2, 0.25) is 0 Å². The van der Waals surface area contributed by atoms with Crippen LogP contribution in [-0.4, -0.2) is 11.1 Å². The fourth-order valence-corrected chi connectivity index (χ4v) is 1.36. The zero-order chi connectivity index (χ0) is 8.97. The van der Waals surface area contributed by atoms with E-state index in [0.29, 0.717) is 11.8 Å². The molecule has 0 saturated carbocycles. The molecule has 0 aliphatic carbocycles. The van der Waals surface area contributed by atoms with Crippen LogP contribution in [0.1, 0.15) is 5.56 Å². The largest absolute Gasteiger partial charge is 0.298 e. The highest BCUT2D eigenvalue weighted by Crippen LogP contribution is 2.13. The van der Waals surface area contributed by atoms with E-state index in [0.717, 1.165) is 10.5 Å². The van der Waals surface area contributed by atoms with Gasteiger partial charge in [-0.05, 0) is 11.6 Å². The summed E-state index contributed by atoms with van der Waals surface area (Å²) in [5, 5.41) is 0.412. The molecule has 64 valence electrons. The molecule has 1 aromatic rings. The van der Waals surface area contributed by atoms with E-state index in [-0.39, 0.29) is 5.78 Å². The van der Waals surface area contributed by atoms with Crippen LogP contribution in [-0.2, 0) is 11.2 Å². The lowest BCUT2D eigenvalue weighted by Crippen LogP contribution is -2.03. The average Bonchev–Trinajstić information content (AvgIpc) is 2.09. The highest BCUT2D eigenvalue weighted by Gasteiger charge is 2.03. The fourth-order valence-electron chi connectivity index (χ4n) is 0.920. The minimum atomic E-state index is 0.177. The van der Waals surface area contributed by atoms with E-state index in [9.17, 15) is 4.79 Å². The summed E-state index contributed by atoms with van der Waals surface area (Å²) in [5.74, 6) is 0.177. The third-order valence-corrected chi connectivity index (χ3v) is 2.59. The van der Waals surface area contributed by atoms with Gasteiger partial charge >= 0.3 is 0 Å². The molecule has 3 heteroatoms. The molecule has 1 rings (SSSR count). The number of halogens is 1. The third kappa shape index (κ3) is 2.64. The molecule has 0 spiro atoms. The molecule has 0 radical (unpaired) electrons. The summed E-state index contributed by atoms with van der Waals surface area (Å²) in [6, 6.07) is 7.63. The summed E-state index contributed by atoms with van der Waals surface area (Å²) in [5.41, 5.74) is 0.991. The van der Waals surface area contributed by atoms with Gasteiger partial charge in [0.15, 0.2) is 0 Å². The van der Waals surface area contributed by atoms with Crippen LogP contribution in [0.2, 0.25) is 0 Å². The van der Waals surface area contributed by atoms with E-state index in [1.807, 2.05) is 24.3 Å². The number of benzene rings is 1. The molecule has 0 bridgehead atoms. The summed E-state index contributed by atoms with van der Waals surface area (Å²) < 4.78 is 0. The second-order valence-electron chi connectivity index (χ2n) is 2.48. The summed E-state index contributed by atoms with van der Waals surface area (Å²) in [6.45, 7) is 0. The number of carbonyl (C=O) groups is 1. The predicted molar refractivity (Wildman–Crippen MR) is 56.2 cm³/mol. The first-order chi connectivity index (χ1) is 5.74. The number of Topliss-reactive ketones (excluding diaryl/α,β-unsaturated/α-hetero) is 1. The monoisotopic (exact) mass is 244 g/mol. The Morgan fingerprint density at radius 2 is 2.08 bits per heavy atom. The van der Waals surface area contributed by atoms with E-state index in [2.05, 4.69) is 28.6 Å². The van der Waals surface area contributed by atoms with Crippen LogP contribution in [0.4, 0.5) is 0 Å². The topological polar surface area (TPSA) is 17.1 Å². The Bertz CT molecular complexity index is 286. The van der Waals surface area contributed by atoms with Crippen molar-refractivity contribution in [2.75, 3.05) is 5.33 Å². The lowest BCUT2D eigenvalue weighted by molar-refractivity contribution is -0.115. The molecule has 0 amide bonds. The zero-order valence-electron chi connectivity index (χ0n) is 6.46. The Morgan fingerprint density at radius 3 is 2.67 bits per heavy atom. The molecule has 0 aliphatic heterocycles. The maximum Gasteiger partial charge on any atom is 0.147 e. The molecule has 0 N–H and O–H groups in total. The molecule has 1 nitrogen and oxygen atoms in total. The highest BCUT2D eigenvalue weighted by molar-refractivity contribution is 9.09. The van der Waals surface area contributed by atoms with Gasteiger partial charge in [-0.25, -0.2) is 0 Å². The second-order valence-corrected chi connectivity index (χ2v) is 3.52. The molecule has 0 heterocycles. The summed E-state index contributed by atoms with van der Waals surface area (Å²) in [6.07, 6.45) is 0.463. The van der Waals surface area contributed by atoms with Crippen LogP contribution >= 0.6 is 28.6 Å². The molecule has 0 aromatic heterocycles. The predicted octanol–water partition coefficient (Wildman–Crippen LogP) is 2.48. The fraction of sp³-hybridized carbons (Fsp3) is 0.222. The molecule has 0 saturated heterocycles. The number of hydrogen-bond donors (Lipinski definition) is 1. The van der Waals surface area contributed by atoms with Gasteiger partial charge in [0.05, 0.1) is 5.33 Å². The number of carbonyl (C=O) groups excluding carboxylic acids is 1. The standard InChI is InChI=1S/C9H9BrOS/c10-6-8(11)5-7-3-1-2-4-9(7)12/h1-4,12H,5-6H2. The lowest BCUT2D eigenvalue weighted by Gasteiger charge is -2.01. The number of hydrogen-bond acceptors (Lipinski definition) is 2. The first kappa shape index (κ1) is 9.81. The molecule has 0 atom stereocenters. The Balaban J connectivity index is 2.75. The number of ketones is 1. The second kappa shape index (κ2) is 4.67. The Morgan fingerprint density at radius 1 is 1.42 bits per heavy atom. The summed E-state index contributed by atoms with van der Waals surface area (Å²) >= 11 is 7.37. The number of alkyl halides is 1. The van der Waals surface area contributed by atoms with Gasteiger partial charge in [0, 0.05) is 11.3 Å². The van der Waals surface area contributed by atoms with Crippen LogP contribution in [0.5, 0.6) is 0 Å². The van der Waals surface area contributed by atoms with E-state index in [1.54, 1.807) is 0 Å². The van der Waals surface area contributed by atoms with Crippen LogP contribution in [0.15, 0.2) is 29.2 Å². The van der Waals surface area contributed by atoms with Crippen LogP contribution in [0.25, 0.3) is 0 Å². The van der Waals surface area contributed by atoms with Crippen molar-refractivity contribution in [3.05, 3.63) is 29.8 Å². The van der Waals surface area contributed by atoms with Gasteiger partial charge in [0.1, 0.15) is 5.78 Å². The van der Waals surface area contributed by atoms with Crippen LogP contribution < -0.4 is 0 Å². The van der Waals surface area contributed by atoms with Gasteiger partial charge in [-0.1, -0.05) is 34.1 Å². The van der Waals surface area contributed by atoms with Gasteiger partial charge in [-0.2, -0.15) is 0 Å². The van der Waals surface area contributed by atoms with E-state index >= 15 is 0 Å². The van der Waals surface area contributed by atoms with Crippen molar-refractivity contribution in [3.63, 3.8) is 0 Å². The quantitative estimate of drug-likeness (QED) is 0.639. The minimum Gasteiger partial charge on any atom is -0.298 e. The van der Waals surface area contributed by atoms with Gasteiger partial charge in [-0.15, -0.1) is 12.6 Å². The van der Waals surface area contributed by atoms with Gasteiger partial charge < -0.3 is 0 Å². The van der Waals surface area contributed by atoms with Crippen molar-refractivity contribution >= 4 is 34.3 Å². The molecule has 1 aromatic carbocycles. The van der Waals surface area contributed by atoms with Gasteiger partial charge in [-0.3, -0.25) is 4.79 Å². The van der Waals surface area contributed by atoms with Crippen molar-refractivity contribution in [3.8, 4) is 0 Å². The highest BCUT2D eigenvalue weighted by atomic mass is 79.9. The Labute approximate surface area is 85.7 Å². The Kier molecular flexibility index (Phi) is 3.82. The molecule has 0 unspecified atom stereocenters.